The summed E-state index contributed by atoms with van der Waals surface area (Å²) in [7, 11) is 0. The number of benzene rings is 1. The molecule has 15 heavy (non-hydrogen) atoms. The summed E-state index contributed by atoms with van der Waals surface area (Å²) in [5.74, 6) is -1.03. The summed E-state index contributed by atoms with van der Waals surface area (Å²) < 4.78 is 12.8. The summed E-state index contributed by atoms with van der Waals surface area (Å²) in [4.78, 5) is 11.4. The number of halogens is 2. The van der Waals surface area contributed by atoms with Crippen molar-refractivity contribution in [3.63, 3.8) is 0 Å². The highest BCUT2D eigenvalue weighted by Gasteiger charge is 2.10. The molecule has 1 aromatic carbocycles. The lowest BCUT2D eigenvalue weighted by Crippen LogP contribution is -2.31. The minimum Gasteiger partial charge on any atom is -0.337 e. The second-order valence-corrected chi connectivity index (χ2v) is 3.36. The summed E-state index contributed by atoms with van der Waals surface area (Å²) in [5, 5.41) is 10.8. The van der Waals surface area contributed by atoms with Crippen LogP contribution in [0.25, 0.3) is 0 Å². The van der Waals surface area contributed by atoms with Crippen LogP contribution in [0.2, 0.25) is 5.02 Å². The van der Waals surface area contributed by atoms with E-state index in [2.05, 4.69) is 5.32 Å². The molecule has 0 bridgehead atoms. The molecule has 1 N–H and O–H groups in total. The molecule has 0 heterocycles. The van der Waals surface area contributed by atoms with Crippen LogP contribution in [0.1, 0.15) is 17.3 Å². The van der Waals surface area contributed by atoms with Crippen LogP contribution in [-0.4, -0.2) is 11.9 Å². The Labute approximate surface area is 91.5 Å². The summed E-state index contributed by atoms with van der Waals surface area (Å²) in [6.45, 7) is 1.54. The predicted molar refractivity (Wildman–Crippen MR) is 54.0 cm³/mol. The number of nitriles is 1. The molecule has 0 saturated carbocycles. The second-order valence-electron chi connectivity index (χ2n) is 2.95. The molecule has 0 aliphatic heterocycles. The first-order valence-corrected chi connectivity index (χ1v) is 4.58. The van der Waals surface area contributed by atoms with Crippen molar-refractivity contribution in [2.24, 2.45) is 0 Å². The summed E-state index contributed by atoms with van der Waals surface area (Å²) in [6, 6.07) is 4.89. The molecule has 0 fully saturated rings. The van der Waals surface area contributed by atoms with Gasteiger partial charge in [0.1, 0.15) is 11.9 Å². The number of hydrogen-bond acceptors (Lipinski definition) is 2. The van der Waals surface area contributed by atoms with Gasteiger partial charge in [0.2, 0.25) is 0 Å². The molecule has 0 saturated heterocycles. The van der Waals surface area contributed by atoms with Crippen LogP contribution >= 0.6 is 11.6 Å². The van der Waals surface area contributed by atoms with Gasteiger partial charge in [-0.3, -0.25) is 4.79 Å². The van der Waals surface area contributed by atoms with Gasteiger partial charge in [-0.2, -0.15) is 5.26 Å². The third-order valence-corrected chi connectivity index (χ3v) is 2.01. The van der Waals surface area contributed by atoms with Crippen LogP contribution in [0.15, 0.2) is 18.2 Å². The molecule has 0 spiro atoms. The first-order chi connectivity index (χ1) is 7.04. The van der Waals surface area contributed by atoms with E-state index in [4.69, 9.17) is 16.9 Å². The maximum atomic E-state index is 12.8. The molecule has 1 unspecified atom stereocenters. The molecule has 0 aromatic heterocycles. The van der Waals surface area contributed by atoms with Crippen LogP contribution < -0.4 is 5.32 Å². The number of amides is 1. The van der Waals surface area contributed by atoms with E-state index in [0.717, 1.165) is 6.07 Å². The third-order valence-electron chi connectivity index (χ3n) is 1.72. The average molecular weight is 227 g/mol. The monoisotopic (exact) mass is 226 g/mol. The van der Waals surface area contributed by atoms with E-state index in [1.165, 1.54) is 12.1 Å². The fourth-order valence-electron chi connectivity index (χ4n) is 0.950. The van der Waals surface area contributed by atoms with Crippen LogP contribution in [-0.2, 0) is 0 Å². The van der Waals surface area contributed by atoms with Gasteiger partial charge >= 0.3 is 0 Å². The van der Waals surface area contributed by atoms with Crippen LogP contribution in [0.5, 0.6) is 0 Å². The fourth-order valence-corrected chi connectivity index (χ4v) is 1.13. The van der Waals surface area contributed by atoms with Crippen molar-refractivity contribution in [2.45, 2.75) is 13.0 Å². The zero-order valence-corrected chi connectivity index (χ0v) is 8.68. The Morgan fingerprint density at radius 1 is 1.67 bits per heavy atom. The Hall–Kier alpha value is -1.60. The van der Waals surface area contributed by atoms with Crippen molar-refractivity contribution < 1.29 is 9.18 Å². The molecule has 1 rings (SSSR count). The molecular weight excluding hydrogens is 219 g/mol. The van der Waals surface area contributed by atoms with Gasteiger partial charge in [-0.25, -0.2) is 4.39 Å². The molecule has 0 aliphatic carbocycles. The number of carbonyl (C=O) groups excluding carboxylic acids is 1. The van der Waals surface area contributed by atoms with E-state index in [1.54, 1.807) is 6.92 Å². The zero-order chi connectivity index (χ0) is 11.4. The molecule has 1 amide bonds. The maximum absolute atomic E-state index is 12.8. The Morgan fingerprint density at radius 3 is 2.87 bits per heavy atom. The summed E-state index contributed by atoms with van der Waals surface area (Å²) in [6.07, 6.45) is 0. The van der Waals surface area contributed by atoms with Crippen molar-refractivity contribution >= 4 is 17.5 Å². The van der Waals surface area contributed by atoms with Crippen LogP contribution in [0, 0.1) is 17.1 Å². The Morgan fingerprint density at radius 2 is 2.33 bits per heavy atom. The number of rotatable bonds is 2. The second kappa shape index (κ2) is 4.76. The topological polar surface area (TPSA) is 52.9 Å². The van der Waals surface area contributed by atoms with Gasteiger partial charge in [0.25, 0.3) is 5.91 Å². The van der Waals surface area contributed by atoms with Crippen LogP contribution in [0.4, 0.5) is 4.39 Å². The highest BCUT2D eigenvalue weighted by molar-refractivity contribution is 6.31. The molecule has 1 aromatic rings. The lowest BCUT2D eigenvalue weighted by atomic mass is 10.2. The standard InChI is InChI=1S/C10H8ClFN2O/c1-6(5-13)14-10(15)7-2-3-9(12)8(11)4-7/h2-4,6H,1H3,(H,14,15). The van der Waals surface area contributed by atoms with Crippen molar-refractivity contribution in [3.8, 4) is 6.07 Å². The highest BCUT2D eigenvalue weighted by atomic mass is 35.5. The molecule has 1 atom stereocenters. The Kier molecular flexibility index (Phi) is 3.64. The Balaban J connectivity index is 2.84. The van der Waals surface area contributed by atoms with E-state index in [9.17, 15) is 9.18 Å². The first kappa shape index (κ1) is 11.5. The fraction of sp³-hybridized carbons (Fsp3) is 0.200. The van der Waals surface area contributed by atoms with Gasteiger partial charge in [-0.1, -0.05) is 11.6 Å². The minimum absolute atomic E-state index is 0.118. The van der Waals surface area contributed by atoms with Gasteiger partial charge in [0.05, 0.1) is 11.1 Å². The molecular formula is C10H8ClFN2O. The van der Waals surface area contributed by atoms with E-state index >= 15 is 0 Å². The van der Waals surface area contributed by atoms with Gasteiger partial charge in [0.15, 0.2) is 0 Å². The summed E-state index contributed by atoms with van der Waals surface area (Å²) in [5.41, 5.74) is 0.225. The maximum Gasteiger partial charge on any atom is 0.252 e. The lowest BCUT2D eigenvalue weighted by molar-refractivity contribution is 0.0948. The van der Waals surface area contributed by atoms with E-state index in [1.807, 2.05) is 6.07 Å². The van der Waals surface area contributed by atoms with Gasteiger partial charge in [0, 0.05) is 5.56 Å². The molecule has 0 radical (unpaired) electrons. The third kappa shape index (κ3) is 2.93. The largest absolute Gasteiger partial charge is 0.337 e. The average Bonchev–Trinajstić information content (AvgIpc) is 2.21. The molecule has 0 aliphatic rings. The molecule has 78 valence electrons. The lowest BCUT2D eigenvalue weighted by Gasteiger charge is -2.06. The van der Waals surface area contributed by atoms with Crippen molar-refractivity contribution in [1.29, 1.82) is 5.26 Å². The van der Waals surface area contributed by atoms with Crippen molar-refractivity contribution in [1.82, 2.24) is 5.32 Å². The van der Waals surface area contributed by atoms with Gasteiger partial charge in [-0.15, -0.1) is 0 Å². The smallest absolute Gasteiger partial charge is 0.252 e. The number of carbonyl (C=O) groups is 1. The van der Waals surface area contributed by atoms with E-state index < -0.39 is 17.8 Å². The highest BCUT2D eigenvalue weighted by Crippen LogP contribution is 2.15. The number of nitrogens with one attached hydrogen (secondary N) is 1. The number of hydrogen-bond donors (Lipinski definition) is 1. The van der Waals surface area contributed by atoms with Crippen molar-refractivity contribution in [2.75, 3.05) is 0 Å². The van der Waals surface area contributed by atoms with Gasteiger partial charge in [-0.05, 0) is 25.1 Å². The van der Waals surface area contributed by atoms with Crippen LogP contribution in [0.3, 0.4) is 0 Å². The van der Waals surface area contributed by atoms with E-state index in [0.29, 0.717) is 0 Å². The predicted octanol–water partition coefficient (Wildman–Crippen LogP) is 2.12. The normalized spacial score (nSPS) is 11.6. The van der Waals surface area contributed by atoms with Crippen molar-refractivity contribution in [3.05, 3.63) is 34.6 Å². The van der Waals surface area contributed by atoms with E-state index in [-0.39, 0.29) is 10.6 Å². The first-order valence-electron chi connectivity index (χ1n) is 4.20. The Bertz CT molecular complexity index is 428. The molecule has 5 heteroatoms. The zero-order valence-electron chi connectivity index (χ0n) is 7.92. The van der Waals surface area contributed by atoms with Gasteiger partial charge < -0.3 is 5.32 Å². The quantitative estimate of drug-likeness (QED) is 0.840. The minimum atomic E-state index is -0.596. The number of nitrogens with zero attached hydrogens (tertiary/aromatic N) is 1. The SMILES string of the molecule is CC(C#N)NC(=O)c1ccc(F)c(Cl)c1. The molecule has 3 nitrogen and oxygen atoms in total. The summed E-state index contributed by atoms with van der Waals surface area (Å²) >= 11 is 5.51.